The van der Waals surface area contributed by atoms with E-state index in [1.54, 1.807) is 0 Å². The van der Waals surface area contributed by atoms with Crippen molar-refractivity contribution in [2.45, 2.75) is 32.4 Å². The number of carbonyl (C=O) groups is 2. The maximum atomic E-state index is 11.6. The first-order valence-corrected chi connectivity index (χ1v) is 6.22. The molecule has 5 heteroatoms. The van der Waals surface area contributed by atoms with Crippen molar-refractivity contribution in [3.8, 4) is 0 Å². The maximum Gasteiger partial charge on any atom is 0.408 e. The number of ether oxygens (including phenoxy) is 2. The van der Waals surface area contributed by atoms with Crippen LogP contribution in [0.25, 0.3) is 0 Å². The highest BCUT2D eigenvalue weighted by Crippen LogP contribution is 2.03. The van der Waals surface area contributed by atoms with Gasteiger partial charge in [0.15, 0.2) is 0 Å². The number of nitrogens with one attached hydrogen (secondary N) is 1. The zero-order valence-corrected chi connectivity index (χ0v) is 11.2. The van der Waals surface area contributed by atoms with E-state index in [2.05, 4.69) is 10.1 Å². The molecule has 0 heterocycles. The van der Waals surface area contributed by atoms with Crippen molar-refractivity contribution in [3.05, 3.63) is 35.9 Å². The molecule has 1 N–H and O–H groups in total. The molecule has 104 valence electrons. The van der Waals surface area contributed by atoms with Crippen molar-refractivity contribution in [2.24, 2.45) is 0 Å². The summed E-state index contributed by atoms with van der Waals surface area (Å²) >= 11 is 0. The first kappa shape index (κ1) is 15.0. The van der Waals surface area contributed by atoms with Crippen molar-refractivity contribution < 1.29 is 19.1 Å². The molecular formula is C14H19NO4. The summed E-state index contributed by atoms with van der Waals surface area (Å²) in [6, 6.07) is 8.68. The smallest absolute Gasteiger partial charge is 0.408 e. The van der Waals surface area contributed by atoms with Crippen LogP contribution in [-0.2, 0) is 20.9 Å². The van der Waals surface area contributed by atoms with Crippen molar-refractivity contribution >= 4 is 12.1 Å². The van der Waals surface area contributed by atoms with Gasteiger partial charge in [-0.1, -0.05) is 43.7 Å². The van der Waals surface area contributed by atoms with Gasteiger partial charge in [0.1, 0.15) is 12.6 Å². The molecule has 0 saturated heterocycles. The number of hydrogen-bond donors (Lipinski definition) is 1. The van der Waals surface area contributed by atoms with Crippen LogP contribution < -0.4 is 5.32 Å². The van der Waals surface area contributed by atoms with Crippen molar-refractivity contribution in [2.75, 3.05) is 7.11 Å². The molecule has 0 radical (unpaired) electrons. The fourth-order valence-electron chi connectivity index (χ4n) is 1.59. The number of amides is 1. The van der Waals surface area contributed by atoms with E-state index in [1.807, 2.05) is 37.3 Å². The summed E-state index contributed by atoms with van der Waals surface area (Å²) in [6.45, 7) is 2.10. The molecule has 5 nitrogen and oxygen atoms in total. The van der Waals surface area contributed by atoms with Crippen LogP contribution in [0.3, 0.4) is 0 Å². The average Bonchev–Trinajstić information content (AvgIpc) is 2.45. The molecule has 0 aliphatic heterocycles. The Morgan fingerprint density at radius 3 is 2.53 bits per heavy atom. The number of esters is 1. The minimum atomic E-state index is -0.654. The number of methoxy groups -OCH3 is 1. The molecule has 19 heavy (non-hydrogen) atoms. The van der Waals surface area contributed by atoms with Gasteiger partial charge in [0, 0.05) is 0 Å². The van der Waals surface area contributed by atoms with Crippen molar-refractivity contribution in [1.82, 2.24) is 5.32 Å². The monoisotopic (exact) mass is 265 g/mol. The molecule has 0 fully saturated rings. The van der Waals surface area contributed by atoms with Crippen LogP contribution in [-0.4, -0.2) is 25.2 Å². The predicted octanol–water partition coefficient (Wildman–Crippen LogP) is 2.25. The van der Waals surface area contributed by atoms with Crippen LogP contribution in [0, 0.1) is 0 Å². The van der Waals surface area contributed by atoms with Gasteiger partial charge in [0.05, 0.1) is 7.11 Å². The van der Waals surface area contributed by atoms with E-state index in [1.165, 1.54) is 7.11 Å². The Kier molecular flexibility index (Phi) is 6.43. The Morgan fingerprint density at radius 2 is 1.95 bits per heavy atom. The van der Waals surface area contributed by atoms with Gasteiger partial charge in [0.25, 0.3) is 0 Å². The molecule has 1 aromatic rings. The van der Waals surface area contributed by atoms with Crippen LogP contribution in [0.1, 0.15) is 25.3 Å². The minimum Gasteiger partial charge on any atom is -0.467 e. The third-order valence-electron chi connectivity index (χ3n) is 2.57. The first-order chi connectivity index (χ1) is 9.17. The second-order valence-corrected chi connectivity index (χ2v) is 4.07. The first-order valence-electron chi connectivity index (χ1n) is 6.22. The number of benzene rings is 1. The highest BCUT2D eigenvalue weighted by atomic mass is 16.6. The Bertz CT molecular complexity index is 405. The maximum absolute atomic E-state index is 11.6. The Hall–Kier alpha value is -2.04. The van der Waals surface area contributed by atoms with E-state index in [4.69, 9.17) is 4.74 Å². The van der Waals surface area contributed by atoms with E-state index in [0.717, 1.165) is 12.0 Å². The van der Waals surface area contributed by atoms with Gasteiger partial charge in [-0.25, -0.2) is 9.59 Å². The highest BCUT2D eigenvalue weighted by molar-refractivity contribution is 5.81. The zero-order chi connectivity index (χ0) is 14.1. The van der Waals surface area contributed by atoms with E-state index in [0.29, 0.717) is 6.42 Å². The highest BCUT2D eigenvalue weighted by Gasteiger charge is 2.20. The van der Waals surface area contributed by atoms with Gasteiger partial charge in [-0.05, 0) is 12.0 Å². The molecule has 1 atom stereocenters. The number of carbonyl (C=O) groups excluding carboxylic acids is 2. The Labute approximate surface area is 112 Å². The summed E-state index contributed by atoms with van der Waals surface area (Å²) in [4.78, 5) is 23.0. The summed E-state index contributed by atoms with van der Waals surface area (Å²) in [5.41, 5.74) is 0.891. The topological polar surface area (TPSA) is 64.6 Å². The van der Waals surface area contributed by atoms with Gasteiger partial charge in [-0.3, -0.25) is 0 Å². The standard InChI is InChI=1S/C14H19NO4/c1-3-7-12(13(16)18-2)15-14(17)19-10-11-8-5-4-6-9-11/h4-6,8-9,12H,3,7,10H2,1-2H3,(H,15,17)/t12-/m0/s1. The van der Waals surface area contributed by atoms with Crippen molar-refractivity contribution in [3.63, 3.8) is 0 Å². The number of alkyl carbamates (subject to hydrolysis) is 1. The second kappa shape index (κ2) is 8.13. The van der Waals surface area contributed by atoms with Gasteiger partial charge in [-0.2, -0.15) is 0 Å². The molecule has 0 bridgehead atoms. The number of hydrogen-bond acceptors (Lipinski definition) is 4. The van der Waals surface area contributed by atoms with Gasteiger partial charge >= 0.3 is 12.1 Å². The second-order valence-electron chi connectivity index (χ2n) is 4.07. The molecule has 0 aliphatic rings. The van der Waals surface area contributed by atoms with E-state index >= 15 is 0 Å². The molecular weight excluding hydrogens is 246 g/mol. The van der Waals surface area contributed by atoms with Crippen molar-refractivity contribution in [1.29, 1.82) is 0 Å². The van der Waals surface area contributed by atoms with Crippen LogP contribution in [0.15, 0.2) is 30.3 Å². The van der Waals surface area contributed by atoms with Gasteiger partial charge < -0.3 is 14.8 Å². The molecule has 1 rings (SSSR count). The lowest BCUT2D eigenvalue weighted by Crippen LogP contribution is -2.41. The third kappa shape index (κ3) is 5.42. The Morgan fingerprint density at radius 1 is 1.26 bits per heavy atom. The minimum absolute atomic E-state index is 0.173. The lowest BCUT2D eigenvalue weighted by molar-refractivity contribution is -0.143. The molecule has 0 aromatic heterocycles. The van der Waals surface area contributed by atoms with E-state index in [-0.39, 0.29) is 6.61 Å². The quantitative estimate of drug-likeness (QED) is 0.801. The molecule has 0 spiro atoms. The molecule has 1 aromatic carbocycles. The summed E-state index contributed by atoms with van der Waals surface area (Å²) < 4.78 is 9.66. The SMILES string of the molecule is CCC[C@H](NC(=O)OCc1ccccc1)C(=O)OC. The van der Waals surface area contributed by atoms with E-state index < -0.39 is 18.1 Å². The summed E-state index contributed by atoms with van der Waals surface area (Å²) in [7, 11) is 1.29. The largest absolute Gasteiger partial charge is 0.467 e. The summed E-state index contributed by atoms with van der Waals surface area (Å²) in [5.74, 6) is -0.460. The van der Waals surface area contributed by atoms with Gasteiger partial charge in [0.2, 0.25) is 0 Å². The average molecular weight is 265 g/mol. The summed E-state index contributed by atoms with van der Waals surface area (Å²) in [6.07, 6.45) is 0.666. The normalized spacial score (nSPS) is 11.5. The summed E-state index contributed by atoms with van der Waals surface area (Å²) in [5, 5.41) is 2.50. The number of rotatable bonds is 6. The predicted molar refractivity (Wildman–Crippen MR) is 70.5 cm³/mol. The lowest BCUT2D eigenvalue weighted by Gasteiger charge is -2.15. The zero-order valence-electron chi connectivity index (χ0n) is 11.2. The van der Waals surface area contributed by atoms with Crippen LogP contribution in [0.5, 0.6) is 0 Å². The molecule has 1 amide bonds. The van der Waals surface area contributed by atoms with Crippen LogP contribution >= 0.6 is 0 Å². The molecule has 0 aliphatic carbocycles. The van der Waals surface area contributed by atoms with Gasteiger partial charge in [-0.15, -0.1) is 0 Å². The third-order valence-corrected chi connectivity index (χ3v) is 2.57. The van der Waals surface area contributed by atoms with Crippen LogP contribution in [0.4, 0.5) is 4.79 Å². The fourth-order valence-corrected chi connectivity index (χ4v) is 1.59. The fraction of sp³-hybridized carbons (Fsp3) is 0.429. The molecule has 0 saturated carbocycles. The Balaban J connectivity index is 2.42. The van der Waals surface area contributed by atoms with E-state index in [9.17, 15) is 9.59 Å². The lowest BCUT2D eigenvalue weighted by atomic mass is 10.2. The van der Waals surface area contributed by atoms with Crippen LogP contribution in [0.2, 0.25) is 0 Å². The molecule has 0 unspecified atom stereocenters.